The molecule has 0 aliphatic carbocycles. The summed E-state index contributed by atoms with van der Waals surface area (Å²) in [4.78, 5) is 28.3. The molecule has 2 N–H and O–H groups in total. The fourth-order valence-corrected chi connectivity index (χ4v) is 2.38. The number of nitrogens with zero attached hydrogens (tertiary/aromatic N) is 2. The lowest BCUT2D eigenvalue weighted by atomic mass is 10.2. The van der Waals surface area contributed by atoms with E-state index in [1.54, 1.807) is 24.3 Å². The van der Waals surface area contributed by atoms with Crippen LogP contribution in [-0.2, 0) is 0 Å². The molecule has 1 aromatic heterocycles. The van der Waals surface area contributed by atoms with Crippen molar-refractivity contribution in [1.29, 1.82) is 0 Å². The maximum atomic E-state index is 12.2. The van der Waals surface area contributed by atoms with E-state index in [0.717, 1.165) is 5.56 Å². The van der Waals surface area contributed by atoms with Crippen molar-refractivity contribution in [1.82, 2.24) is 20.8 Å². The van der Waals surface area contributed by atoms with Crippen LogP contribution in [0.1, 0.15) is 21.0 Å². The first kappa shape index (κ1) is 18.1. The van der Waals surface area contributed by atoms with E-state index in [0.29, 0.717) is 17.1 Å². The minimum Gasteiger partial charge on any atom is -0.496 e. The highest BCUT2D eigenvalue weighted by Crippen LogP contribution is 2.16. The Bertz CT molecular complexity index is 924. The quantitative estimate of drug-likeness (QED) is 0.619. The molecule has 138 valence electrons. The van der Waals surface area contributed by atoms with Gasteiger partial charge in [-0.1, -0.05) is 47.6 Å². The Morgan fingerprint density at radius 3 is 2.37 bits per heavy atom. The number of benzene rings is 2. The summed E-state index contributed by atoms with van der Waals surface area (Å²) >= 11 is 0. The number of amides is 2. The molecule has 8 heteroatoms. The highest BCUT2D eigenvalue weighted by atomic mass is 16.5. The molecule has 0 atom stereocenters. The lowest BCUT2D eigenvalue weighted by Gasteiger charge is -2.09. The summed E-state index contributed by atoms with van der Waals surface area (Å²) in [7, 11) is 1.50. The molecule has 0 fully saturated rings. The number of rotatable bonds is 7. The van der Waals surface area contributed by atoms with Gasteiger partial charge in [0.2, 0.25) is 5.82 Å². The van der Waals surface area contributed by atoms with Crippen LogP contribution in [0.2, 0.25) is 0 Å². The predicted molar refractivity (Wildman–Crippen MR) is 97.4 cm³/mol. The van der Waals surface area contributed by atoms with Crippen molar-refractivity contribution in [2.75, 3.05) is 20.2 Å². The van der Waals surface area contributed by atoms with Gasteiger partial charge in [0.25, 0.3) is 5.91 Å². The number of nitrogens with one attached hydrogen (secondary N) is 2. The van der Waals surface area contributed by atoms with Crippen LogP contribution in [0.3, 0.4) is 0 Å². The molecule has 0 radical (unpaired) electrons. The molecule has 0 aliphatic heterocycles. The standard InChI is InChI=1S/C19H18N4O4/c1-26-15-10-6-5-9-14(15)17(24)20-11-12-21-18(25)19-22-16(23-27-19)13-7-3-2-4-8-13/h2-10H,11-12H2,1H3,(H,20,24)(H,21,25). The molecule has 0 unspecified atom stereocenters. The maximum Gasteiger partial charge on any atom is 0.316 e. The number of ether oxygens (including phenoxy) is 1. The molecule has 2 amide bonds. The van der Waals surface area contributed by atoms with Crippen LogP contribution < -0.4 is 15.4 Å². The summed E-state index contributed by atoms with van der Waals surface area (Å²) < 4.78 is 10.1. The second-order valence-corrected chi connectivity index (χ2v) is 5.50. The highest BCUT2D eigenvalue weighted by Gasteiger charge is 2.16. The van der Waals surface area contributed by atoms with Crippen molar-refractivity contribution in [3.8, 4) is 17.1 Å². The van der Waals surface area contributed by atoms with Crippen LogP contribution in [0.15, 0.2) is 59.1 Å². The van der Waals surface area contributed by atoms with Gasteiger partial charge in [-0.15, -0.1) is 0 Å². The van der Waals surface area contributed by atoms with Crippen molar-refractivity contribution in [2.24, 2.45) is 0 Å². The van der Waals surface area contributed by atoms with Crippen molar-refractivity contribution in [3.63, 3.8) is 0 Å². The van der Waals surface area contributed by atoms with Gasteiger partial charge >= 0.3 is 11.8 Å². The first-order valence-electron chi connectivity index (χ1n) is 8.27. The summed E-state index contributed by atoms with van der Waals surface area (Å²) in [5.74, 6) is -0.101. The molecule has 2 aromatic carbocycles. The van der Waals surface area contributed by atoms with Gasteiger partial charge in [-0.25, -0.2) is 0 Å². The molecule has 0 spiro atoms. The Hall–Kier alpha value is -3.68. The van der Waals surface area contributed by atoms with E-state index in [-0.39, 0.29) is 24.9 Å². The van der Waals surface area contributed by atoms with Gasteiger partial charge in [0, 0.05) is 18.7 Å². The van der Waals surface area contributed by atoms with Crippen molar-refractivity contribution in [3.05, 3.63) is 66.1 Å². The van der Waals surface area contributed by atoms with Gasteiger partial charge in [0.1, 0.15) is 5.75 Å². The van der Waals surface area contributed by atoms with Crippen LogP contribution in [0.5, 0.6) is 5.75 Å². The van der Waals surface area contributed by atoms with E-state index in [2.05, 4.69) is 20.8 Å². The molecule has 27 heavy (non-hydrogen) atoms. The number of methoxy groups -OCH3 is 1. The molecule has 1 heterocycles. The van der Waals surface area contributed by atoms with Crippen molar-refractivity contribution < 1.29 is 18.8 Å². The first-order chi connectivity index (χ1) is 13.2. The van der Waals surface area contributed by atoms with E-state index in [9.17, 15) is 9.59 Å². The van der Waals surface area contributed by atoms with E-state index in [1.807, 2.05) is 30.3 Å². The highest BCUT2D eigenvalue weighted by molar-refractivity contribution is 5.97. The normalized spacial score (nSPS) is 10.3. The van der Waals surface area contributed by atoms with Crippen LogP contribution in [0, 0.1) is 0 Å². The molecule has 3 aromatic rings. The molecule has 0 aliphatic rings. The third-order valence-electron chi connectivity index (χ3n) is 3.70. The molecule has 0 saturated heterocycles. The monoisotopic (exact) mass is 366 g/mol. The van der Waals surface area contributed by atoms with Gasteiger partial charge in [0.15, 0.2) is 0 Å². The topological polar surface area (TPSA) is 106 Å². The number of carbonyl (C=O) groups excluding carboxylic acids is 2. The average Bonchev–Trinajstić information content (AvgIpc) is 3.22. The second-order valence-electron chi connectivity index (χ2n) is 5.50. The Morgan fingerprint density at radius 2 is 1.63 bits per heavy atom. The van der Waals surface area contributed by atoms with Crippen LogP contribution in [-0.4, -0.2) is 42.2 Å². The Labute approximate surface area is 155 Å². The predicted octanol–water partition coefficient (Wildman–Crippen LogP) is 1.91. The van der Waals surface area contributed by atoms with Gasteiger partial charge in [-0.3, -0.25) is 9.59 Å². The minimum atomic E-state index is -0.503. The number of para-hydroxylation sites is 1. The summed E-state index contributed by atoms with van der Waals surface area (Å²) in [5, 5.41) is 9.12. The van der Waals surface area contributed by atoms with E-state index in [4.69, 9.17) is 9.26 Å². The van der Waals surface area contributed by atoms with Gasteiger partial charge in [-0.05, 0) is 12.1 Å². The second kappa shape index (κ2) is 8.61. The SMILES string of the molecule is COc1ccccc1C(=O)NCCNC(=O)c1nc(-c2ccccc2)no1. The summed E-state index contributed by atoms with van der Waals surface area (Å²) in [6, 6.07) is 16.1. The lowest BCUT2D eigenvalue weighted by Crippen LogP contribution is -2.34. The molecule has 8 nitrogen and oxygen atoms in total. The lowest BCUT2D eigenvalue weighted by molar-refractivity contribution is 0.0897. The van der Waals surface area contributed by atoms with E-state index < -0.39 is 5.91 Å². The van der Waals surface area contributed by atoms with Crippen LogP contribution >= 0.6 is 0 Å². The molecular weight excluding hydrogens is 348 g/mol. The van der Waals surface area contributed by atoms with E-state index >= 15 is 0 Å². The summed E-state index contributed by atoms with van der Waals surface area (Å²) in [6.07, 6.45) is 0. The number of carbonyl (C=O) groups is 2. The number of aromatic nitrogens is 2. The molecule has 0 saturated carbocycles. The van der Waals surface area contributed by atoms with Gasteiger partial charge < -0.3 is 19.9 Å². The molecule has 3 rings (SSSR count). The zero-order valence-electron chi connectivity index (χ0n) is 14.6. The van der Waals surface area contributed by atoms with E-state index in [1.165, 1.54) is 7.11 Å². The van der Waals surface area contributed by atoms with Gasteiger partial charge in [-0.2, -0.15) is 4.98 Å². The summed E-state index contributed by atoms with van der Waals surface area (Å²) in [5.41, 5.74) is 1.18. The average molecular weight is 366 g/mol. The van der Waals surface area contributed by atoms with Crippen LogP contribution in [0.4, 0.5) is 0 Å². The first-order valence-corrected chi connectivity index (χ1v) is 8.27. The van der Waals surface area contributed by atoms with Crippen molar-refractivity contribution in [2.45, 2.75) is 0 Å². The number of hydrogen-bond acceptors (Lipinski definition) is 6. The Kier molecular flexibility index (Phi) is 5.78. The zero-order chi connectivity index (χ0) is 19.1. The maximum absolute atomic E-state index is 12.2. The number of hydrogen-bond donors (Lipinski definition) is 2. The fraction of sp³-hybridized carbons (Fsp3) is 0.158. The van der Waals surface area contributed by atoms with Crippen LogP contribution in [0.25, 0.3) is 11.4 Å². The Balaban J connectivity index is 1.49. The summed E-state index contributed by atoms with van der Waals surface area (Å²) in [6.45, 7) is 0.449. The smallest absolute Gasteiger partial charge is 0.316 e. The molecular formula is C19H18N4O4. The largest absolute Gasteiger partial charge is 0.496 e. The molecule has 0 bridgehead atoms. The Morgan fingerprint density at radius 1 is 0.963 bits per heavy atom. The minimum absolute atomic E-state index is 0.134. The van der Waals surface area contributed by atoms with Crippen molar-refractivity contribution >= 4 is 11.8 Å². The third-order valence-corrected chi connectivity index (χ3v) is 3.70. The third kappa shape index (κ3) is 4.49. The fourth-order valence-electron chi connectivity index (χ4n) is 2.38. The van der Waals surface area contributed by atoms with Gasteiger partial charge in [0.05, 0.1) is 12.7 Å². The zero-order valence-corrected chi connectivity index (χ0v) is 14.6.